The summed E-state index contributed by atoms with van der Waals surface area (Å²) in [5, 5.41) is 0. The first kappa shape index (κ1) is 16.6. The summed E-state index contributed by atoms with van der Waals surface area (Å²) in [6.07, 6.45) is 7.52. The number of Topliss-reactive ketones (excluding diaryl/α,β-unsaturated/α-hetero) is 1. The number of hydrogen-bond acceptors (Lipinski definition) is 3. The monoisotopic (exact) mass is 269 g/mol. The summed E-state index contributed by atoms with van der Waals surface area (Å²) in [5.41, 5.74) is -0.279. The number of nitrogens with zero attached hydrogens (tertiary/aromatic N) is 1. The summed E-state index contributed by atoms with van der Waals surface area (Å²) in [4.78, 5) is 14.4. The Hall–Kier alpha value is -0.410. The molecular weight excluding hydrogens is 238 g/mol. The first-order chi connectivity index (χ1) is 9.00. The van der Waals surface area contributed by atoms with Crippen LogP contribution in [0.1, 0.15) is 58.8 Å². The molecule has 0 amide bonds. The zero-order chi connectivity index (χ0) is 14.3. The SMILES string of the molecule is CCC(C)(C(=O)CCCCC1CCOCC1)N(C)C. The molecule has 3 heteroatoms. The summed E-state index contributed by atoms with van der Waals surface area (Å²) in [6, 6.07) is 0. The van der Waals surface area contributed by atoms with E-state index in [4.69, 9.17) is 4.74 Å². The van der Waals surface area contributed by atoms with Gasteiger partial charge in [0.15, 0.2) is 5.78 Å². The van der Waals surface area contributed by atoms with Crippen LogP contribution in [-0.4, -0.2) is 43.5 Å². The average Bonchev–Trinajstić information content (AvgIpc) is 2.43. The Morgan fingerprint density at radius 3 is 2.42 bits per heavy atom. The molecule has 0 saturated carbocycles. The fourth-order valence-corrected chi connectivity index (χ4v) is 2.79. The van der Waals surface area contributed by atoms with Crippen LogP contribution in [0, 0.1) is 5.92 Å². The molecule has 0 aromatic carbocycles. The molecule has 0 N–H and O–H groups in total. The summed E-state index contributed by atoms with van der Waals surface area (Å²) >= 11 is 0. The van der Waals surface area contributed by atoms with Gasteiger partial charge in [-0.2, -0.15) is 0 Å². The number of ketones is 1. The first-order valence-electron chi connectivity index (χ1n) is 7.79. The molecular formula is C16H31NO2. The molecule has 112 valence electrons. The minimum absolute atomic E-state index is 0.279. The molecule has 19 heavy (non-hydrogen) atoms. The highest BCUT2D eigenvalue weighted by Gasteiger charge is 2.32. The second kappa shape index (κ2) is 8.01. The molecule has 1 aliphatic heterocycles. The Balaban J connectivity index is 2.22. The summed E-state index contributed by atoms with van der Waals surface area (Å²) < 4.78 is 5.37. The van der Waals surface area contributed by atoms with Gasteiger partial charge >= 0.3 is 0 Å². The lowest BCUT2D eigenvalue weighted by molar-refractivity contribution is -0.129. The maximum absolute atomic E-state index is 12.3. The highest BCUT2D eigenvalue weighted by Crippen LogP contribution is 2.23. The van der Waals surface area contributed by atoms with E-state index in [1.807, 2.05) is 14.1 Å². The van der Waals surface area contributed by atoms with Crippen molar-refractivity contribution in [3.8, 4) is 0 Å². The van der Waals surface area contributed by atoms with Crippen molar-refractivity contribution in [1.29, 1.82) is 0 Å². The molecule has 0 bridgehead atoms. The number of unbranched alkanes of at least 4 members (excludes halogenated alkanes) is 1. The Kier molecular flexibility index (Phi) is 7.01. The quantitative estimate of drug-likeness (QED) is 0.633. The average molecular weight is 269 g/mol. The lowest BCUT2D eigenvalue weighted by Gasteiger charge is -2.34. The van der Waals surface area contributed by atoms with Crippen LogP contribution in [0.3, 0.4) is 0 Å². The van der Waals surface area contributed by atoms with E-state index in [1.165, 1.54) is 25.7 Å². The van der Waals surface area contributed by atoms with E-state index in [1.54, 1.807) is 0 Å². The maximum Gasteiger partial charge on any atom is 0.152 e. The van der Waals surface area contributed by atoms with E-state index in [2.05, 4.69) is 18.7 Å². The Morgan fingerprint density at radius 2 is 1.89 bits per heavy atom. The fourth-order valence-electron chi connectivity index (χ4n) is 2.79. The fraction of sp³-hybridized carbons (Fsp3) is 0.938. The van der Waals surface area contributed by atoms with Crippen LogP contribution in [0.4, 0.5) is 0 Å². The molecule has 1 heterocycles. The van der Waals surface area contributed by atoms with Gasteiger partial charge in [-0.25, -0.2) is 0 Å². The Bertz CT molecular complexity index is 272. The summed E-state index contributed by atoms with van der Waals surface area (Å²) in [6.45, 7) is 6.02. The van der Waals surface area contributed by atoms with E-state index in [9.17, 15) is 4.79 Å². The van der Waals surface area contributed by atoms with Crippen molar-refractivity contribution in [1.82, 2.24) is 4.90 Å². The molecule has 1 atom stereocenters. The van der Waals surface area contributed by atoms with Gasteiger partial charge in [0.2, 0.25) is 0 Å². The predicted molar refractivity (Wildman–Crippen MR) is 79.4 cm³/mol. The van der Waals surface area contributed by atoms with Gasteiger partial charge < -0.3 is 4.74 Å². The van der Waals surface area contributed by atoms with Crippen LogP contribution in [0.25, 0.3) is 0 Å². The number of rotatable bonds is 8. The Labute approximate surface area is 118 Å². The molecule has 1 unspecified atom stereocenters. The third-order valence-electron chi connectivity index (χ3n) is 4.88. The second-order valence-corrected chi connectivity index (χ2v) is 6.25. The van der Waals surface area contributed by atoms with Crippen molar-refractivity contribution in [2.45, 2.75) is 64.3 Å². The number of carbonyl (C=O) groups excluding carboxylic acids is 1. The summed E-state index contributed by atoms with van der Waals surface area (Å²) in [7, 11) is 4.01. The smallest absolute Gasteiger partial charge is 0.152 e. The van der Waals surface area contributed by atoms with Gasteiger partial charge in [-0.3, -0.25) is 9.69 Å². The molecule has 3 nitrogen and oxygen atoms in total. The highest BCUT2D eigenvalue weighted by molar-refractivity contribution is 5.87. The molecule has 0 aliphatic carbocycles. The predicted octanol–water partition coefficient (Wildman–Crippen LogP) is 3.27. The van der Waals surface area contributed by atoms with Crippen molar-refractivity contribution < 1.29 is 9.53 Å². The Morgan fingerprint density at radius 1 is 1.26 bits per heavy atom. The first-order valence-corrected chi connectivity index (χ1v) is 7.79. The van der Waals surface area contributed by atoms with Crippen molar-refractivity contribution in [3.63, 3.8) is 0 Å². The van der Waals surface area contributed by atoms with Gasteiger partial charge in [-0.05, 0) is 52.6 Å². The van der Waals surface area contributed by atoms with Gasteiger partial charge in [0.25, 0.3) is 0 Å². The van der Waals surface area contributed by atoms with Crippen molar-refractivity contribution in [2.75, 3.05) is 27.3 Å². The molecule has 1 fully saturated rings. The molecule has 0 aromatic heterocycles. The second-order valence-electron chi connectivity index (χ2n) is 6.25. The molecule has 1 rings (SSSR count). The molecule has 1 saturated heterocycles. The van der Waals surface area contributed by atoms with Crippen molar-refractivity contribution in [2.24, 2.45) is 5.92 Å². The number of hydrogen-bond donors (Lipinski definition) is 0. The van der Waals surface area contributed by atoms with Crippen LogP contribution in [0.2, 0.25) is 0 Å². The van der Waals surface area contributed by atoms with Crippen LogP contribution in [0.15, 0.2) is 0 Å². The van der Waals surface area contributed by atoms with Crippen LogP contribution in [-0.2, 0) is 9.53 Å². The third-order valence-corrected chi connectivity index (χ3v) is 4.88. The number of ether oxygens (including phenoxy) is 1. The third kappa shape index (κ3) is 4.88. The standard InChI is InChI=1S/C16H31NO2/c1-5-16(2,17(3)4)15(18)9-7-6-8-14-10-12-19-13-11-14/h14H,5-13H2,1-4H3. The topological polar surface area (TPSA) is 29.5 Å². The van der Waals surface area contributed by atoms with Gasteiger partial charge in [-0.1, -0.05) is 19.8 Å². The zero-order valence-corrected chi connectivity index (χ0v) is 13.2. The molecule has 0 aromatic rings. The number of carbonyl (C=O) groups is 1. The maximum atomic E-state index is 12.3. The lowest BCUT2D eigenvalue weighted by Crippen LogP contribution is -2.47. The van der Waals surface area contributed by atoms with Crippen LogP contribution >= 0.6 is 0 Å². The van der Waals surface area contributed by atoms with E-state index in [0.29, 0.717) is 5.78 Å². The van der Waals surface area contributed by atoms with E-state index in [0.717, 1.165) is 38.4 Å². The van der Waals surface area contributed by atoms with Gasteiger partial charge in [-0.15, -0.1) is 0 Å². The largest absolute Gasteiger partial charge is 0.381 e. The van der Waals surface area contributed by atoms with Gasteiger partial charge in [0.1, 0.15) is 0 Å². The highest BCUT2D eigenvalue weighted by atomic mass is 16.5. The minimum Gasteiger partial charge on any atom is -0.381 e. The van der Waals surface area contributed by atoms with Crippen molar-refractivity contribution >= 4 is 5.78 Å². The van der Waals surface area contributed by atoms with E-state index < -0.39 is 0 Å². The van der Waals surface area contributed by atoms with Crippen molar-refractivity contribution in [3.05, 3.63) is 0 Å². The summed E-state index contributed by atoms with van der Waals surface area (Å²) in [5.74, 6) is 1.22. The number of likely N-dealkylation sites (N-methyl/N-ethyl adjacent to an activating group) is 1. The zero-order valence-electron chi connectivity index (χ0n) is 13.2. The lowest BCUT2D eigenvalue weighted by atomic mass is 9.87. The van der Waals surface area contributed by atoms with Crippen LogP contribution in [0.5, 0.6) is 0 Å². The normalized spacial score (nSPS) is 20.5. The molecule has 0 spiro atoms. The van der Waals surface area contributed by atoms with E-state index >= 15 is 0 Å². The molecule has 1 aliphatic rings. The van der Waals surface area contributed by atoms with Gasteiger partial charge in [0, 0.05) is 19.6 Å². The van der Waals surface area contributed by atoms with E-state index in [-0.39, 0.29) is 5.54 Å². The molecule has 0 radical (unpaired) electrons. The van der Waals surface area contributed by atoms with Crippen LogP contribution < -0.4 is 0 Å². The minimum atomic E-state index is -0.279. The van der Waals surface area contributed by atoms with Gasteiger partial charge in [0.05, 0.1) is 5.54 Å².